The van der Waals surface area contributed by atoms with Gasteiger partial charge in [-0.2, -0.15) is 5.10 Å². The molecule has 0 bridgehead atoms. The molecule has 1 saturated carbocycles. The van der Waals surface area contributed by atoms with Gasteiger partial charge in [-0.1, -0.05) is 12.8 Å². The smallest absolute Gasteiger partial charge is 0.287 e. The Morgan fingerprint density at radius 3 is 3.05 bits per heavy atom. The standard InChI is InChI=1S/C15H19N3O3/c19-13-5-2-1-4-12(13)17-15(20)14-7-6-11(21-14)10-18-9-3-8-16-18/h3,6-9,12-13,19H,1-2,4-5,10H2,(H,17,20)/t12-,13-/m1/s1. The number of aromatic nitrogens is 2. The van der Waals surface area contributed by atoms with Crippen LogP contribution in [0.3, 0.4) is 0 Å². The minimum Gasteiger partial charge on any atom is -0.454 e. The molecule has 2 heterocycles. The van der Waals surface area contributed by atoms with Crippen molar-refractivity contribution in [3.8, 4) is 0 Å². The number of amides is 1. The van der Waals surface area contributed by atoms with Crippen LogP contribution in [0.4, 0.5) is 0 Å². The number of rotatable bonds is 4. The van der Waals surface area contributed by atoms with Crippen molar-refractivity contribution in [3.05, 3.63) is 42.1 Å². The van der Waals surface area contributed by atoms with Crippen LogP contribution in [0.5, 0.6) is 0 Å². The molecule has 0 spiro atoms. The average molecular weight is 289 g/mol. The number of furan rings is 1. The molecule has 1 aliphatic rings. The second kappa shape index (κ2) is 6.13. The number of carbonyl (C=O) groups excluding carboxylic acids is 1. The monoisotopic (exact) mass is 289 g/mol. The lowest BCUT2D eigenvalue weighted by atomic mass is 9.92. The van der Waals surface area contributed by atoms with E-state index in [1.165, 1.54) is 0 Å². The summed E-state index contributed by atoms with van der Waals surface area (Å²) < 4.78 is 7.27. The molecule has 0 aromatic carbocycles. The maximum Gasteiger partial charge on any atom is 0.287 e. The highest BCUT2D eigenvalue weighted by Gasteiger charge is 2.25. The molecular formula is C15H19N3O3. The minimum absolute atomic E-state index is 0.175. The largest absolute Gasteiger partial charge is 0.454 e. The Morgan fingerprint density at radius 2 is 2.29 bits per heavy atom. The Balaban J connectivity index is 1.61. The van der Waals surface area contributed by atoms with E-state index >= 15 is 0 Å². The third-order valence-electron chi connectivity index (χ3n) is 3.81. The van der Waals surface area contributed by atoms with E-state index in [1.54, 1.807) is 23.0 Å². The third kappa shape index (κ3) is 3.33. The number of hydrogen-bond acceptors (Lipinski definition) is 4. The van der Waals surface area contributed by atoms with Crippen LogP contribution in [0.15, 0.2) is 35.0 Å². The van der Waals surface area contributed by atoms with Gasteiger partial charge in [0.15, 0.2) is 5.76 Å². The molecule has 2 N–H and O–H groups in total. The zero-order valence-electron chi connectivity index (χ0n) is 11.7. The molecule has 0 aliphatic heterocycles. The SMILES string of the molecule is O=C(N[C@@H]1CCCC[C@H]1O)c1ccc(Cn2cccn2)o1. The van der Waals surface area contributed by atoms with Gasteiger partial charge in [0.25, 0.3) is 5.91 Å². The molecule has 112 valence electrons. The number of hydrogen-bond donors (Lipinski definition) is 2. The molecule has 21 heavy (non-hydrogen) atoms. The summed E-state index contributed by atoms with van der Waals surface area (Å²) in [5.41, 5.74) is 0. The molecule has 1 aliphatic carbocycles. The van der Waals surface area contributed by atoms with Crippen LogP contribution in [0.25, 0.3) is 0 Å². The lowest BCUT2D eigenvalue weighted by Crippen LogP contribution is -2.44. The van der Waals surface area contributed by atoms with Gasteiger partial charge in [-0.25, -0.2) is 0 Å². The first-order valence-electron chi connectivity index (χ1n) is 7.27. The first kappa shape index (κ1) is 13.9. The molecule has 2 aromatic rings. The lowest BCUT2D eigenvalue weighted by molar-refractivity contribution is 0.0697. The van der Waals surface area contributed by atoms with Gasteiger partial charge in [0.1, 0.15) is 5.76 Å². The van der Waals surface area contributed by atoms with Crippen LogP contribution < -0.4 is 5.32 Å². The Bertz CT molecular complexity index is 591. The molecule has 1 fully saturated rings. The molecule has 0 unspecified atom stereocenters. The highest BCUT2D eigenvalue weighted by Crippen LogP contribution is 2.19. The van der Waals surface area contributed by atoms with Crippen LogP contribution in [-0.4, -0.2) is 32.9 Å². The quantitative estimate of drug-likeness (QED) is 0.895. The van der Waals surface area contributed by atoms with E-state index in [0.717, 1.165) is 25.7 Å². The molecule has 0 radical (unpaired) electrons. The van der Waals surface area contributed by atoms with Crippen LogP contribution in [0.1, 0.15) is 42.0 Å². The van der Waals surface area contributed by atoms with Gasteiger partial charge < -0.3 is 14.8 Å². The maximum atomic E-state index is 12.1. The van der Waals surface area contributed by atoms with Crippen molar-refractivity contribution in [2.24, 2.45) is 0 Å². The molecule has 1 amide bonds. The first-order chi connectivity index (χ1) is 10.2. The van der Waals surface area contributed by atoms with E-state index < -0.39 is 6.10 Å². The fourth-order valence-corrected chi connectivity index (χ4v) is 2.66. The zero-order chi connectivity index (χ0) is 14.7. The Hall–Kier alpha value is -2.08. The number of aliphatic hydroxyl groups excluding tert-OH is 1. The summed E-state index contributed by atoms with van der Waals surface area (Å²) >= 11 is 0. The van der Waals surface area contributed by atoms with Crippen molar-refractivity contribution in [3.63, 3.8) is 0 Å². The van der Waals surface area contributed by atoms with Gasteiger partial charge in [-0.15, -0.1) is 0 Å². The molecular weight excluding hydrogens is 270 g/mol. The van der Waals surface area contributed by atoms with Crippen molar-refractivity contribution in [2.75, 3.05) is 0 Å². The van der Waals surface area contributed by atoms with E-state index in [2.05, 4.69) is 10.4 Å². The van der Waals surface area contributed by atoms with Crippen molar-refractivity contribution in [2.45, 2.75) is 44.4 Å². The predicted molar refractivity (Wildman–Crippen MR) is 75.8 cm³/mol. The average Bonchev–Trinajstić information content (AvgIpc) is 3.13. The Kier molecular flexibility index (Phi) is 4.06. The van der Waals surface area contributed by atoms with Crippen molar-refractivity contribution in [1.82, 2.24) is 15.1 Å². The van der Waals surface area contributed by atoms with Gasteiger partial charge >= 0.3 is 0 Å². The summed E-state index contributed by atoms with van der Waals surface area (Å²) in [6.45, 7) is 0.492. The highest BCUT2D eigenvalue weighted by atomic mass is 16.4. The molecule has 0 saturated heterocycles. The lowest BCUT2D eigenvalue weighted by Gasteiger charge is -2.27. The van der Waals surface area contributed by atoms with Crippen molar-refractivity contribution < 1.29 is 14.3 Å². The van der Waals surface area contributed by atoms with Gasteiger partial charge in [0.05, 0.1) is 18.7 Å². The molecule has 3 rings (SSSR count). The summed E-state index contributed by atoms with van der Waals surface area (Å²) in [6, 6.07) is 5.09. The molecule has 2 aromatic heterocycles. The summed E-state index contributed by atoms with van der Waals surface area (Å²) in [5, 5.41) is 16.8. The van der Waals surface area contributed by atoms with Crippen molar-refractivity contribution >= 4 is 5.91 Å². The van der Waals surface area contributed by atoms with Gasteiger partial charge in [-0.3, -0.25) is 9.48 Å². The fourth-order valence-electron chi connectivity index (χ4n) is 2.66. The van der Waals surface area contributed by atoms with E-state index in [-0.39, 0.29) is 17.7 Å². The van der Waals surface area contributed by atoms with Gasteiger partial charge in [0, 0.05) is 12.4 Å². The van der Waals surface area contributed by atoms with E-state index in [0.29, 0.717) is 12.3 Å². The van der Waals surface area contributed by atoms with Crippen molar-refractivity contribution in [1.29, 1.82) is 0 Å². The molecule has 2 atom stereocenters. The second-order valence-electron chi connectivity index (χ2n) is 5.40. The summed E-state index contributed by atoms with van der Waals surface area (Å²) in [7, 11) is 0. The van der Waals surface area contributed by atoms with Crippen LogP contribution in [-0.2, 0) is 6.54 Å². The fraction of sp³-hybridized carbons (Fsp3) is 0.467. The zero-order valence-corrected chi connectivity index (χ0v) is 11.7. The molecule has 6 nitrogen and oxygen atoms in total. The van der Waals surface area contributed by atoms with E-state index in [1.807, 2.05) is 12.3 Å². The number of nitrogens with zero attached hydrogens (tertiary/aromatic N) is 2. The number of carbonyl (C=O) groups is 1. The maximum absolute atomic E-state index is 12.1. The van der Waals surface area contributed by atoms with Crippen LogP contribution in [0, 0.1) is 0 Å². The summed E-state index contributed by atoms with van der Waals surface area (Å²) in [4.78, 5) is 12.1. The van der Waals surface area contributed by atoms with E-state index in [4.69, 9.17) is 4.42 Å². The Labute approximate surface area is 122 Å². The van der Waals surface area contributed by atoms with Crippen LogP contribution in [0.2, 0.25) is 0 Å². The topological polar surface area (TPSA) is 80.3 Å². The molecule has 6 heteroatoms. The summed E-state index contributed by atoms with van der Waals surface area (Å²) in [6.07, 6.45) is 6.68. The Morgan fingerprint density at radius 1 is 1.43 bits per heavy atom. The van der Waals surface area contributed by atoms with Gasteiger partial charge in [-0.05, 0) is 31.0 Å². The van der Waals surface area contributed by atoms with Crippen LogP contribution >= 0.6 is 0 Å². The summed E-state index contributed by atoms with van der Waals surface area (Å²) in [5.74, 6) is 0.677. The predicted octanol–water partition coefficient (Wildman–Crippen LogP) is 1.56. The first-order valence-corrected chi connectivity index (χ1v) is 7.27. The number of nitrogens with one attached hydrogen (secondary N) is 1. The highest BCUT2D eigenvalue weighted by molar-refractivity contribution is 5.91. The third-order valence-corrected chi connectivity index (χ3v) is 3.81. The normalized spacial score (nSPS) is 22.1. The van der Waals surface area contributed by atoms with E-state index in [9.17, 15) is 9.90 Å². The number of aliphatic hydroxyl groups is 1. The van der Waals surface area contributed by atoms with Gasteiger partial charge in [0.2, 0.25) is 0 Å². The minimum atomic E-state index is -0.457. The second-order valence-corrected chi connectivity index (χ2v) is 5.40.